The first-order chi connectivity index (χ1) is 18.9. The van der Waals surface area contributed by atoms with Crippen molar-refractivity contribution in [2.75, 3.05) is 6.61 Å². The van der Waals surface area contributed by atoms with Crippen LogP contribution in [0.15, 0.2) is 47.1 Å². The highest BCUT2D eigenvalue weighted by Gasteiger charge is 2.52. The van der Waals surface area contributed by atoms with Crippen LogP contribution in [0.25, 0.3) is 0 Å². The molecule has 2 fully saturated rings. The molecule has 4 rings (SSSR count). The minimum atomic E-state index is -1.77. The van der Waals surface area contributed by atoms with Gasteiger partial charge >= 0.3 is 5.97 Å². The fourth-order valence-electron chi connectivity index (χ4n) is 7.04. The van der Waals surface area contributed by atoms with Crippen LogP contribution in [0.1, 0.15) is 86.5 Å². The van der Waals surface area contributed by atoms with Crippen molar-refractivity contribution in [2.24, 2.45) is 23.7 Å². The second-order valence-corrected chi connectivity index (χ2v) is 13.2. The van der Waals surface area contributed by atoms with Crippen LogP contribution in [0, 0.1) is 23.7 Å². The average molecular weight is 559 g/mol. The molecule has 0 saturated carbocycles. The van der Waals surface area contributed by atoms with Crippen molar-refractivity contribution in [3.63, 3.8) is 0 Å². The standard InChI is InChI=1S/C33H50O7/c1-20(2)30-23(5)12-13-32(40-30)17-27-16-26(39-32)11-10-22(4)14-21(3)8-7-9-25(19-34)33(37)18-29(35)24(6)15-28(33)31(36)38-27/h7-10,15,20-21,23,26-30,34-35,37H,11-14,16-19H2,1-6H3/b8-7+,22-10+,25-9+/t21-,23-,26+,27-,28-,29-,30+,32+,33+/m0/s1. The largest absolute Gasteiger partial charge is 0.462 e. The van der Waals surface area contributed by atoms with Gasteiger partial charge in [-0.25, -0.2) is 0 Å². The molecule has 0 aromatic rings. The smallest absolute Gasteiger partial charge is 0.316 e. The van der Waals surface area contributed by atoms with Crippen LogP contribution in [0.5, 0.6) is 0 Å². The summed E-state index contributed by atoms with van der Waals surface area (Å²) >= 11 is 0. The summed E-state index contributed by atoms with van der Waals surface area (Å²) in [5, 5.41) is 32.8. The van der Waals surface area contributed by atoms with Gasteiger partial charge in [-0.05, 0) is 62.0 Å². The monoisotopic (exact) mass is 558 g/mol. The molecule has 0 radical (unpaired) electrons. The minimum Gasteiger partial charge on any atom is -0.462 e. The van der Waals surface area contributed by atoms with Gasteiger partial charge in [0.15, 0.2) is 5.79 Å². The van der Waals surface area contributed by atoms with Gasteiger partial charge in [0.05, 0.1) is 24.9 Å². The Morgan fingerprint density at radius 3 is 2.58 bits per heavy atom. The van der Waals surface area contributed by atoms with Gasteiger partial charge < -0.3 is 29.5 Å². The Bertz CT molecular complexity index is 1040. The van der Waals surface area contributed by atoms with E-state index in [1.807, 2.05) is 12.2 Å². The zero-order chi connectivity index (χ0) is 29.2. The van der Waals surface area contributed by atoms with Crippen molar-refractivity contribution in [3.05, 3.63) is 47.1 Å². The van der Waals surface area contributed by atoms with E-state index in [2.05, 4.69) is 40.7 Å². The molecule has 1 aliphatic carbocycles. The van der Waals surface area contributed by atoms with Gasteiger partial charge in [-0.3, -0.25) is 4.79 Å². The third-order valence-corrected chi connectivity index (χ3v) is 9.34. The van der Waals surface area contributed by atoms with Gasteiger partial charge in [-0.15, -0.1) is 0 Å². The zero-order valence-corrected chi connectivity index (χ0v) is 25.1. The van der Waals surface area contributed by atoms with E-state index in [0.29, 0.717) is 36.7 Å². The lowest BCUT2D eigenvalue weighted by Gasteiger charge is -2.50. The van der Waals surface area contributed by atoms with Crippen molar-refractivity contribution in [3.8, 4) is 0 Å². The van der Waals surface area contributed by atoms with Crippen LogP contribution < -0.4 is 0 Å². The highest BCUT2D eigenvalue weighted by Crippen LogP contribution is 2.45. The normalized spacial score (nSPS) is 45.0. The molecular formula is C33H50O7. The lowest BCUT2D eigenvalue weighted by atomic mass is 9.71. The van der Waals surface area contributed by atoms with Crippen LogP contribution in [0.2, 0.25) is 0 Å². The van der Waals surface area contributed by atoms with Gasteiger partial charge in [-0.2, -0.15) is 0 Å². The number of fused-ring (bicyclic) bond motifs is 3. The number of aliphatic hydroxyl groups is 3. The summed E-state index contributed by atoms with van der Waals surface area (Å²) < 4.78 is 19.6. The Morgan fingerprint density at radius 2 is 1.88 bits per heavy atom. The van der Waals surface area contributed by atoms with E-state index >= 15 is 0 Å². The molecule has 2 bridgehead atoms. The summed E-state index contributed by atoms with van der Waals surface area (Å²) in [6.45, 7) is 12.1. The summed E-state index contributed by atoms with van der Waals surface area (Å²) in [4.78, 5) is 13.8. The van der Waals surface area contributed by atoms with Crippen LogP contribution in [0.3, 0.4) is 0 Å². The van der Waals surface area contributed by atoms with Crippen molar-refractivity contribution in [2.45, 2.75) is 122 Å². The molecule has 40 heavy (non-hydrogen) atoms. The summed E-state index contributed by atoms with van der Waals surface area (Å²) in [5.41, 5.74) is 0.368. The lowest BCUT2D eigenvalue weighted by molar-refractivity contribution is -0.340. The number of hydrogen-bond acceptors (Lipinski definition) is 7. The zero-order valence-electron chi connectivity index (χ0n) is 25.1. The number of rotatable bonds is 2. The maximum absolute atomic E-state index is 13.8. The van der Waals surface area contributed by atoms with Gasteiger partial charge in [0, 0.05) is 25.7 Å². The predicted molar refractivity (Wildman–Crippen MR) is 154 cm³/mol. The van der Waals surface area contributed by atoms with Crippen LogP contribution in [-0.2, 0) is 19.0 Å². The van der Waals surface area contributed by atoms with Crippen LogP contribution in [0.4, 0.5) is 0 Å². The van der Waals surface area contributed by atoms with Crippen molar-refractivity contribution < 1.29 is 34.3 Å². The van der Waals surface area contributed by atoms with E-state index in [4.69, 9.17) is 14.2 Å². The first kappa shape index (κ1) is 31.2. The molecule has 0 aromatic heterocycles. The Balaban J connectivity index is 1.72. The number of allylic oxidation sites excluding steroid dienone is 4. The van der Waals surface area contributed by atoms with Crippen molar-refractivity contribution >= 4 is 5.97 Å². The van der Waals surface area contributed by atoms with Gasteiger partial charge in [0.2, 0.25) is 0 Å². The highest BCUT2D eigenvalue weighted by atomic mass is 16.7. The molecule has 7 nitrogen and oxygen atoms in total. The second-order valence-electron chi connectivity index (χ2n) is 13.2. The summed E-state index contributed by atoms with van der Waals surface area (Å²) in [6, 6.07) is 0. The van der Waals surface area contributed by atoms with Crippen LogP contribution >= 0.6 is 0 Å². The van der Waals surface area contributed by atoms with Crippen molar-refractivity contribution in [1.82, 2.24) is 0 Å². The van der Waals surface area contributed by atoms with E-state index in [1.54, 1.807) is 19.1 Å². The molecule has 0 aromatic carbocycles. The predicted octanol–water partition coefficient (Wildman–Crippen LogP) is 5.15. The Kier molecular flexibility index (Phi) is 9.83. The molecule has 2 saturated heterocycles. The summed E-state index contributed by atoms with van der Waals surface area (Å²) in [5.74, 6) is -1.45. The molecule has 0 unspecified atom stereocenters. The third-order valence-electron chi connectivity index (χ3n) is 9.34. The Morgan fingerprint density at radius 1 is 1.12 bits per heavy atom. The number of carbonyl (C=O) groups excluding carboxylic acids is 1. The first-order valence-electron chi connectivity index (χ1n) is 15.1. The number of carbonyl (C=O) groups is 1. The molecule has 7 heteroatoms. The lowest BCUT2D eigenvalue weighted by Crippen LogP contribution is -2.56. The van der Waals surface area contributed by atoms with Gasteiger partial charge in [0.1, 0.15) is 17.6 Å². The second kappa shape index (κ2) is 12.6. The minimum absolute atomic E-state index is 0.0550. The Hall–Kier alpha value is -1.77. The molecule has 1 spiro atoms. The first-order valence-corrected chi connectivity index (χ1v) is 15.1. The maximum Gasteiger partial charge on any atom is 0.316 e. The highest BCUT2D eigenvalue weighted by molar-refractivity contribution is 5.78. The van der Waals surface area contributed by atoms with E-state index < -0.39 is 42.1 Å². The van der Waals surface area contributed by atoms with Crippen molar-refractivity contribution in [1.29, 1.82) is 0 Å². The van der Waals surface area contributed by atoms with E-state index in [-0.39, 0.29) is 30.1 Å². The number of hydrogen-bond donors (Lipinski definition) is 3. The van der Waals surface area contributed by atoms with E-state index in [1.165, 1.54) is 5.57 Å². The molecule has 0 amide bonds. The fraction of sp³-hybridized carbons (Fsp3) is 0.727. The Labute approximate surface area is 240 Å². The fourth-order valence-corrected chi connectivity index (χ4v) is 7.04. The number of esters is 1. The molecule has 9 atom stereocenters. The quantitative estimate of drug-likeness (QED) is 0.318. The maximum atomic E-state index is 13.8. The van der Waals surface area contributed by atoms with Gasteiger partial charge in [0.25, 0.3) is 0 Å². The molecule has 3 aliphatic heterocycles. The topological polar surface area (TPSA) is 105 Å². The SMILES string of the molecule is CC1=C[C@H]2C(=O)O[C@H]3C[C@@H](C/C=C(\C)C[C@@H](C)/C=C/C=C(\CO)[C@]2(O)C[C@@H]1O)O[C@@]1(CC[C@H](C)[C@@H](C(C)C)O1)C3. The number of ether oxygens (including phenoxy) is 3. The molecule has 3 heterocycles. The number of aliphatic hydroxyl groups excluding tert-OH is 2. The van der Waals surface area contributed by atoms with E-state index in [0.717, 1.165) is 19.3 Å². The molecule has 224 valence electrons. The molecular weight excluding hydrogens is 508 g/mol. The van der Waals surface area contributed by atoms with Crippen LogP contribution in [-0.4, -0.2) is 63.7 Å². The molecule has 4 aliphatic rings. The average Bonchev–Trinajstić information content (AvgIpc) is 2.88. The summed E-state index contributed by atoms with van der Waals surface area (Å²) in [7, 11) is 0. The third kappa shape index (κ3) is 6.81. The molecule has 3 N–H and O–H groups in total. The summed E-state index contributed by atoms with van der Waals surface area (Å²) in [6.07, 6.45) is 12.0. The van der Waals surface area contributed by atoms with E-state index in [9.17, 15) is 20.1 Å². The van der Waals surface area contributed by atoms with Gasteiger partial charge in [-0.1, -0.05) is 63.6 Å².